The zero-order valence-corrected chi connectivity index (χ0v) is 10.9. The maximum absolute atomic E-state index is 9.51. The highest BCUT2D eigenvalue weighted by Crippen LogP contribution is 2.04. The molecular weight excluding hydrogens is 266 g/mol. The van der Waals surface area contributed by atoms with Gasteiger partial charge in [0.25, 0.3) is 0 Å². The zero-order chi connectivity index (χ0) is 15.5. The molecule has 0 aromatic heterocycles. The number of carbonyl (C=O) groups is 2. The topological polar surface area (TPSA) is 122 Å². The lowest BCUT2D eigenvalue weighted by molar-refractivity contribution is -0.311. The molecule has 2 N–H and O–H groups in total. The molecule has 1 atom stereocenters. The van der Waals surface area contributed by atoms with Crippen LogP contribution >= 0.6 is 0 Å². The number of benzene rings is 1. The first-order valence-electron chi connectivity index (χ1n) is 5.57. The van der Waals surface area contributed by atoms with Gasteiger partial charge in [-0.1, -0.05) is 24.8 Å². The van der Waals surface area contributed by atoms with Gasteiger partial charge in [0.15, 0.2) is 0 Å². The van der Waals surface area contributed by atoms with Crippen LogP contribution in [0.2, 0.25) is 0 Å². The first-order valence-corrected chi connectivity index (χ1v) is 5.57. The molecule has 0 aliphatic heterocycles. The van der Waals surface area contributed by atoms with Crippen LogP contribution in [0, 0.1) is 0 Å². The largest absolute Gasteiger partial charge is 0.545 e. The molecule has 20 heavy (non-hydrogen) atoms. The highest BCUT2D eigenvalue weighted by Gasteiger charge is 1.94. The second kappa shape index (κ2) is 9.54. The Hall–Kier alpha value is -2.38. The maximum atomic E-state index is 9.51. The first kappa shape index (κ1) is 17.6. The van der Waals surface area contributed by atoms with Gasteiger partial charge in [-0.25, -0.2) is 0 Å². The van der Waals surface area contributed by atoms with Gasteiger partial charge < -0.3 is 24.9 Å². The van der Waals surface area contributed by atoms with Crippen molar-refractivity contribution in [3.05, 3.63) is 42.5 Å². The molecule has 110 valence electrons. The molecule has 0 amide bonds. The number of hydrogen-bond donors (Lipinski definition) is 2. The van der Waals surface area contributed by atoms with Crippen LogP contribution in [0.3, 0.4) is 0 Å². The fourth-order valence-corrected chi connectivity index (χ4v) is 0.835. The second-order valence-corrected chi connectivity index (χ2v) is 3.68. The molecule has 7 nitrogen and oxygen atoms in total. The van der Waals surface area contributed by atoms with Crippen molar-refractivity contribution in [2.45, 2.75) is 13.0 Å². The summed E-state index contributed by atoms with van der Waals surface area (Å²) < 4.78 is 0. The zero-order valence-electron chi connectivity index (χ0n) is 10.9. The van der Waals surface area contributed by atoms with Crippen molar-refractivity contribution < 1.29 is 29.7 Å². The van der Waals surface area contributed by atoms with Gasteiger partial charge in [-0.15, -0.1) is 0 Å². The number of carboxylic acid groups (broad SMARTS) is 2. The maximum Gasteiger partial charge on any atom is 0.100 e. The Kier molecular flexibility index (Phi) is 8.40. The summed E-state index contributed by atoms with van der Waals surface area (Å²) in [5.74, 6) is -3.63. The quantitative estimate of drug-likeness (QED) is 0.280. The van der Waals surface area contributed by atoms with Crippen LogP contribution in [0.4, 0.5) is 5.69 Å². The van der Waals surface area contributed by atoms with Crippen LogP contribution in [-0.2, 0) is 14.4 Å². The summed E-state index contributed by atoms with van der Waals surface area (Å²) in [5, 5.41) is 27.9. The SMILES string of the molecule is C=C(C(=O)[O-])C(=O)[O-].CC(O)CONc1ccccc1. The van der Waals surface area contributed by atoms with Crippen molar-refractivity contribution in [1.29, 1.82) is 0 Å². The van der Waals surface area contributed by atoms with Crippen molar-refractivity contribution >= 4 is 17.6 Å². The van der Waals surface area contributed by atoms with E-state index in [1.807, 2.05) is 30.3 Å². The Balaban J connectivity index is 0.000000396. The summed E-state index contributed by atoms with van der Waals surface area (Å²) in [4.78, 5) is 24.0. The molecule has 0 heterocycles. The van der Waals surface area contributed by atoms with Crippen molar-refractivity contribution in [1.82, 2.24) is 0 Å². The second-order valence-electron chi connectivity index (χ2n) is 3.68. The average molecular weight is 281 g/mol. The molecule has 7 heteroatoms. The highest BCUT2D eigenvalue weighted by molar-refractivity contribution is 6.09. The molecule has 0 spiro atoms. The number of aliphatic hydroxyl groups is 1. The molecule has 0 radical (unpaired) electrons. The van der Waals surface area contributed by atoms with Crippen LogP contribution in [0.25, 0.3) is 0 Å². The highest BCUT2D eigenvalue weighted by atomic mass is 16.6. The predicted molar refractivity (Wildman–Crippen MR) is 66.9 cm³/mol. The summed E-state index contributed by atoms with van der Waals surface area (Å²) >= 11 is 0. The van der Waals surface area contributed by atoms with Crippen LogP contribution in [0.5, 0.6) is 0 Å². The van der Waals surface area contributed by atoms with Crippen molar-refractivity contribution in [2.24, 2.45) is 0 Å². The normalized spacial score (nSPS) is 10.7. The van der Waals surface area contributed by atoms with E-state index in [4.69, 9.17) is 9.94 Å². The number of carboxylic acids is 2. The molecule has 1 aromatic carbocycles. The number of nitrogens with one attached hydrogen (secondary N) is 1. The number of hydrogen-bond acceptors (Lipinski definition) is 7. The van der Waals surface area contributed by atoms with E-state index in [1.165, 1.54) is 0 Å². The molecule has 1 aromatic rings. The fourth-order valence-electron chi connectivity index (χ4n) is 0.835. The van der Waals surface area contributed by atoms with Gasteiger partial charge in [-0.2, -0.15) is 0 Å². The van der Waals surface area contributed by atoms with E-state index in [2.05, 4.69) is 12.1 Å². The number of aliphatic carboxylic acids is 2. The minimum Gasteiger partial charge on any atom is -0.545 e. The molecular formula is C13H15NO6-2. The van der Waals surface area contributed by atoms with Gasteiger partial charge in [0.2, 0.25) is 0 Å². The Morgan fingerprint density at radius 1 is 1.30 bits per heavy atom. The monoisotopic (exact) mass is 281 g/mol. The number of aliphatic hydroxyl groups excluding tert-OH is 1. The minimum atomic E-state index is -1.81. The van der Waals surface area contributed by atoms with Crippen LogP contribution in [0.1, 0.15) is 6.92 Å². The van der Waals surface area contributed by atoms with E-state index in [-0.39, 0.29) is 6.61 Å². The minimum absolute atomic E-state index is 0.287. The van der Waals surface area contributed by atoms with Crippen molar-refractivity contribution in [2.75, 3.05) is 12.1 Å². The van der Waals surface area contributed by atoms with Crippen molar-refractivity contribution in [3.8, 4) is 0 Å². The molecule has 0 aliphatic carbocycles. The smallest absolute Gasteiger partial charge is 0.100 e. The lowest BCUT2D eigenvalue weighted by atomic mass is 10.3. The Bertz CT molecular complexity index is 427. The third-order valence-electron chi connectivity index (χ3n) is 1.78. The fraction of sp³-hybridized carbons (Fsp3) is 0.231. The van der Waals surface area contributed by atoms with E-state index in [9.17, 15) is 19.8 Å². The summed E-state index contributed by atoms with van der Waals surface area (Å²) in [7, 11) is 0. The van der Waals surface area contributed by atoms with Gasteiger partial charge in [-0.05, 0) is 19.1 Å². The number of para-hydroxylation sites is 1. The molecule has 0 bridgehead atoms. The summed E-state index contributed by atoms with van der Waals surface area (Å²) in [6, 6.07) is 9.53. The Morgan fingerprint density at radius 3 is 2.15 bits per heavy atom. The van der Waals surface area contributed by atoms with Crippen LogP contribution < -0.4 is 15.7 Å². The molecule has 0 fully saturated rings. The summed E-state index contributed by atoms with van der Waals surface area (Å²) in [5.41, 5.74) is 2.57. The van der Waals surface area contributed by atoms with Crippen molar-refractivity contribution in [3.63, 3.8) is 0 Å². The lowest BCUT2D eigenvalue weighted by Gasteiger charge is -2.07. The summed E-state index contributed by atoms with van der Waals surface area (Å²) in [6.45, 7) is 4.59. The Labute approximate surface area is 116 Å². The molecule has 0 saturated carbocycles. The van der Waals surface area contributed by atoms with Gasteiger partial charge >= 0.3 is 0 Å². The predicted octanol–water partition coefficient (Wildman–Crippen LogP) is -1.55. The summed E-state index contributed by atoms with van der Waals surface area (Å²) in [6.07, 6.45) is -0.443. The molecule has 1 unspecified atom stereocenters. The molecule has 0 saturated heterocycles. The third kappa shape index (κ3) is 8.67. The van der Waals surface area contributed by atoms with E-state index in [1.54, 1.807) is 6.92 Å². The van der Waals surface area contributed by atoms with Gasteiger partial charge in [0.1, 0.15) is 6.61 Å². The average Bonchev–Trinajstić information content (AvgIpc) is 2.39. The standard InChI is InChI=1S/C9H13NO2.C4H4O4/c1-8(11)7-12-10-9-5-3-2-4-6-9;1-2(3(5)6)4(7)8/h2-6,8,10-11H,7H2,1H3;1H2,(H,5,6)(H,7,8)/p-2. The molecule has 1 rings (SSSR count). The van der Waals surface area contributed by atoms with Crippen LogP contribution in [0.15, 0.2) is 42.5 Å². The van der Waals surface area contributed by atoms with E-state index < -0.39 is 23.6 Å². The van der Waals surface area contributed by atoms with E-state index in [0.717, 1.165) is 5.69 Å². The van der Waals surface area contributed by atoms with E-state index in [0.29, 0.717) is 0 Å². The lowest BCUT2D eigenvalue weighted by Crippen LogP contribution is -2.35. The third-order valence-corrected chi connectivity index (χ3v) is 1.78. The van der Waals surface area contributed by atoms with Gasteiger partial charge in [0, 0.05) is 5.57 Å². The Morgan fingerprint density at radius 2 is 1.80 bits per heavy atom. The van der Waals surface area contributed by atoms with Gasteiger partial charge in [0.05, 0.1) is 23.7 Å². The van der Waals surface area contributed by atoms with Crippen LogP contribution in [-0.4, -0.2) is 29.8 Å². The van der Waals surface area contributed by atoms with E-state index >= 15 is 0 Å². The number of carbonyl (C=O) groups excluding carboxylic acids is 2. The molecule has 0 aliphatic rings. The number of anilines is 1. The van der Waals surface area contributed by atoms with Gasteiger partial charge in [-0.3, -0.25) is 10.3 Å². The number of rotatable bonds is 6. The first-order chi connectivity index (χ1) is 9.34.